The molecule has 0 aliphatic heterocycles. The molecule has 0 saturated heterocycles. The summed E-state index contributed by atoms with van der Waals surface area (Å²) in [5.74, 6) is 0. The molecule has 0 spiro atoms. The topological polar surface area (TPSA) is 31.6 Å². The molecule has 2 aromatic heterocycles. The lowest BCUT2D eigenvalue weighted by Crippen LogP contribution is -1.93. The highest BCUT2D eigenvalue weighted by molar-refractivity contribution is 6.31. The Bertz CT molecular complexity index is 1470. The zero-order chi connectivity index (χ0) is 22.4. The van der Waals surface area contributed by atoms with Gasteiger partial charge in [0.1, 0.15) is 0 Å². The minimum Gasteiger partial charge on any atom is -0.354 e. The molecule has 0 atom stereocenters. The van der Waals surface area contributed by atoms with Crippen LogP contribution in [-0.2, 0) is 6.42 Å². The van der Waals surface area contributed by atoms with Crippen LogP contribution < -0.4 is 0 Å². The molecule has 6 aromatic rings. The Morgan fingerprint density at radius 3 is 1.30 bits per heavy atom. The molecule has 0 fully saturated rings. The zero-order valence-corrected chi connectivity index (χ0v) is 19.2. The molecule has 0 unspecified atom stereocenters. The first-order valence-electron chi connectivity index (χ1n) is 10.9. The van der Waals surface area contributed by atoms with Gasteiger partial charge in [0.15, 0.2) is 0 Å². The average molecular weight is 467 g/mol. The molecule has 0 aliphatic rings. The van der Waals surface area contributed by atoms with Crippen LogP contribution >= 0.6 is 23.2 Å². The van der Waals surface area contributed by atoms with Gasteiger partial charge in [-0.2, -0.15) is 0 Å². The number of benzene rings is 4. The van der Waals surface area contributed by atoms with Crippen LogP contribution in [0.2, 0.25) is 10.0 Å². The predicted molar refractivity (Wildman–Crippen MR) is 140 cm³/mol. The Labute approximate surface area is 201 Å². The van der Waals surface area contributed by atoms with E-state index in [1.54, 1.807) is 0 Å². The van der Waals surface area contributed by atoms with Crippen LogP contribution in [0.1, 0.15) is 11.1 Å². The summed E-state index contributed by atoms with van der Waals surface area (Å²) in [5, 5.41) is 3.93. The van der Waals surface area contributed by atoms with Gasteiger partial charge in [0.25, 0.3) is 0 Å². The van der Waals surface area contributed by atoms with Crippen molar-refractivity contribution >= 4 is 45.0 Å². The summed E-state index contributed by atoms with van der Waals surface area (Å²) in [6, 6.07) is 33.0. The molecule has 0 aliphatic carbocycles. The van der Waals surface area contributed by atoms with Gasteiger partial charge in [0.2, 0.25) is 0 Å². The van der Waals surface area contributed by atoms with Crippen LogP contribution in [0.15, 0.2) is 97.1 Å². The van der Waals surface area contributed by atoms with Gasteiger partial charge in [-0.3, -0.25) is 0 Å². The summed E-state index contributed by atoms with van der Waals surface area (Å²) >= 11 is 12.3. The average Bonchev–Trinajstić information content (AvgIpc) is 3.39. The van der Waals surface area contributed by atoms with Crippen LogP contribution in [0, 0.1) is 0 Å². The highest BCUT2D eigenvalue weighted by atomic mass is 35.5. The Kier molecular flexibility index (Phi) is 4.98. The summed E-state index contributed by atoms with van der Waals surface area (Å²) in [5.41, 5.74) is 9.30. The van der Waals surface area contributed by atoms with Crippen molar-refractivity contribution in [3.05, 3.63) is 118 Å². The Balaban J connectivity index is 1.58. The number of halogens is 2. The van der Waals surface area contributed by atoms with Gasteiger partial charge in [-0.25, -0.2) is 0 Å². The first kappa shape index (κ1) is 20.2. The highest BCUT2D eigenvalue weighted by Gasteiger charge is 2.19. The molecule has 0 amide bonds. The van der Waals surface area contributed by atoms with Crippen LogP contribution in [0.3, 0.4) is 0 Å². The van der Waals surface area contributed by atoms with E-state index >= 15 is 0 Å². The normalized spacial score (nSPS) is 11.5. The van der Waals surface area contributed by atoms with Crippen LogP contribution in [0.25, 0.3) is 44.3 Å². The second kappa shape index (κ2) is 8.15. The van der Waals surface area contributed by atoms with Crippen molar-refractivity contribution in [2.24, 2.45) is 0 Å². The van der Waals surface area contributed by atoms with E-state index in [9.17, 15) is 0 Å². The van der Waals surface area contributed by atoms with Crippen LogP contribution in [-0.4, -0.2) is 9.97 Å². The van der Waals surface area contributed by atoms with Crippen molar-refractivity contribution in [1.82, 2.24) is 9.97 Å². The monoisotopic (exact) mass is 466 g/mol. The molecular formula is C29H20Cl2N2. The van der Waals surface area contributed by atoms with Crippen molar-refractivity contribution in [1.29, 1.82) is 0 Å². The van der Waals surface area contributed by atoms with E-state index in [2.05, 4.69) is 82.8 Å². The fraction of sp³-hybridized carbons (Fsp3) is 0.0345. The van der Waals surface area contributed by atoms with Gasteiger partial charge < -0.3 is 9.97 Å². The van der Waals surface area contributed by atoms with Crippen molar-refractivity contribution in [3.63, 3.8) is 0 Å². The highest BCUT2D eigenvalue weighted by Crippen LogP contribution is 2.38. The molecule has 160 valence electrons. The summed E-state index contributed by atoms with van der Waals surface area (Å²) in [6.45, 7) is 0. The lowest BCUT2D eigenvalue weighted by Gasteiger charge is -2.09. The third kappa shape index (κ3) is 3.62. The molecule has 4 aromatic carbocycles. The molecule has 2 nitrogen and oxygen atoms in total. The van der Waals surface area contributed by atoms with Crippen molar-refractivity contribution in [2.45, 2.75) is 6.42 Å². The van der Waals surface area contributed by atoms with Gasteiger partial charge in [-0.05, 0) is 58.7 Å². The van der Waals surface area contributed by atoms with E-state index in [-0.39, 0.29) is 0 Å². The SMILES string of the molecule is Clc1ccc(-c2[nH]c3ccccc3c2Cc2c(-c3ccc(Cl)cc3)[nH]c3ccccc23)cc1. The number of fused-ring (bicyclic) bond motifs is 2. The van der Waals surface area contributed by atoms with Gasteiger partial charge in [-0.1, -0.05) is 83.9 Å². The molecule has 2 N–H and O–H groups in total. The Morgan fingerprint density at radius 2 is 0.879 bits per heavy atom. The fourth-order valence-electron chi connectivity index (χ4n) is 4.67. The quantitative estimate of drug-likeness (QED) is 0.260. The summed E-state index contributed by atoms with van der Waals surface area (Å²) in [6.07, 6.45) is 0.782. The van der Waals surface area contributed by atoms with E-state index in [1.165, 1.54) is 21.9 Å². The van der Waals surface area contributed by atoms with Gasteiger partial charge in [0.05, 0.1) is 11.4 Å². The minimum absolute atomic E-state index is 0.734. The molecular weight excluding hydrogens is 447 g/mol. The Morgan fingerprint density at radius 1 is 0.485 bits per heavy atom. The maximum Gasteiger partial charge on any atom is 0.0500 e. The standard InChI is InChI=1S/C29H20Cl2N2/c30-20-13-9-18(10-14-20)28-24(22-5-1-3-7-26(22)32-28)17-25-23-6-2-4-8-27(23)33-29(25)19-11-15-21(31)16-12-19/h1-16,32-33H,17H2. The van der Waals surface area contributed by atoms with Gasteiger partial charge in [0, 0.05) is 38.3 Å². The third-order valence-electron chi connectivity index (χ3n) is 6.25. The molecule has 0 bridgehead atoms. The lowest BCUT2D eigenvalue weighted by molar-refractivity contribution is 1.22. The molecule has 4 heteroatoms. The third-order valence-corrected chi connectivity index (χ3v) is 6.75. The maximum absolute atomic E-state index is 6.17. The van der Waals surface area contributed by atoms with Crippen molar-refractivity contribution in [2.75, 3.05) is 0 Å². The van der Waals surface area contributed by atoms with Crippen LogP contribution in [0.5, 0.6) is 0 Å². The molecule has 6 rings (SSSR count). The van der Waals surface area contributed by atoms with E-state index in [4.69, 9.17) is 23.2 Å². The minimum atomic E-state index is 0.734. The van der Waals surface area contributed by atoms with E-state index < -0.39 is 0 Å². The molecule has 0 saturated carbocycles. The molecule has 0 radical (unpaired) electrons. The predicted octanol–water partition coefficient (Wildman–Crippen LogP) is 8.88. The number of hydrogen-bond acceptors (Lipinski definition) is 0. The van der Waals surface area contributed by atoms with E-state index in [0.717, 1.165) is 50.0 Å². The number of aromatic amines is 2. The van der Waals surface area contributed by atoms with Gasteiger partial charge in [-0.15, -0.1) is 0 Å². The van der Waals surface area contributed by atoms with Crippen molar-refractivity contribution < 1.29 is 0 Å². The van der Waals surface area contributed by atoms with E-state index in [1.807, 2.05) is 24.3 Å². The number of hydrogen-bond donors (Lipinski definition) is 2. The number of aromatic nitrogens is 2. The maximum atomic E-state index is 6.17. The summed E-state index contributed by atoms with van der Waals surface area (Å²) in [7, 11) is 0. The van der Waals surface area contributed by atoms with E-state index in [0.29, 0.717) is 0 Å². The second-order valence-corrected chi connectivity index (χ2v) is 9.11. The molecule has 2 heterocycles. The fourth-order valence-corrected chi connectivity index (χ4v) is 4.92. The second-order valence-electron chi connectivity index (χ2n) is 8.24. The number of H-pyrrole nitrogens is 2. The Hall–Kier alpha value is -3.46. The smallest absolute Gasteiger partial charge is 0.0500 e. The lowest BCUT2D eigenvalue weighted by atomic mass is 9.95. The summed E-state index contributed by atoms with van der Waals surface area (Å²) in [4.78, 5) is 7.31. The number of para-hydroxylation sites is 2. The largest absolute Gasteiger partial charge is 0.354 e. The first-order chi connectivity index (χ1) is 16.2. The molecule has 33 heavy (non-hydrogen) atoms. The number of rotatable bonds is 4. The zero-order valence-electron chi connectivity index (χ0n) is 17.7. The number of nitrogens with one attached hydrogen (secondary N) is 2. The van der Waals surface area contributed by atoms with Crippen LogP contribution in [0.4, 0.5) is 0 Å². The first-order valence-corrected chi connectivity index (χ1v) is 11.6. The van der Waals surface area contributed by atoms with Crippen molar-refractivity contribution in [3.8, 4) is 22.5 Å². The van der Waals surface area contributed by atoms with Gasteiger partial charge >= 0.3 is 0 Å². The summed E-state index contributed by atoms with van der Waals surface area (Å²) < 4.78 is 0.